The normalized spacial score (nSPS) is 15.4. The lowest BCUT2D eigenvalue weighted by Crippen LogP contribution is -2.22. The van der Waals surface area contributed by atoms with Gasteiger partial charge < -0.3 is 4.90 Å². The molecule has 0 radical (unpaired) electrons. The third-order valence-corrected chi connectivity index (χ3v) is 6.37. The molecule has 5 heteroatoms. The predicted octanol–water partition coefficient (Wildman–Crippen LogP) is 7.11. The molecular weight excluding hydrogens is 454 g/mol. The van der Waals surface area contributed by atoms with Crippen LogP contribution in [0, 0.1) is 28.6 Å². The predicted molar refractivity (Wildman–Crippen MR) is 151 cm³/mol. The summed E-state index contributed by atoms with van der Waals surface area (Å²) >= 11 is 0. The second-order valence-corrected chi connectivity index (χ2v) is 8.92. The van der Waals surface area contributed by atoms with Crippen molar-refractivity contribution in [3.8, 4) is 12.1 Å². The van der Waals surface area contributed by atoms with Crippen LogP contribution in [0.4, 0.5) is 5.69 Å². The lowest BCUT2D eigenvalue weighted by atomic mass is 9.94. The maximum Gasteiger partial charge on any atom is 0.177 e. The molecule has 3 aromatic rings. The Hall–Kier alpha value is -4.74. The minimum absolute atomic E-state index is 0.0445. The van der Waals surface area contributed by atoms with Gasteiger partial charge in [0.1, 0.15) is 12.1 Å². The Morgan fingerprint density at radius 3 is 1.81 bits per heavy atom. The summed E-state index contributed by atoms with van der Waals surface area (Å²) in [5.41, 5.74) is 6.35. The molecule has 0 saturated carbocycles. The van der Waals surface area contributed by atoms with E-state index in [0.29, 0.717) is 0 Å². The first-order valence-corrected chi connectivity index (χ1v) is 12.4. The van der Waals surface area contributed by atoms with Crippen LogP contribution in [0.15, 0.2) is 112 Å². The van der Waals surface area contributed by atoms with Crippen molar-refractivity contribution in [2.45, 2.75) is 33.4 Å². The van der Waals surface area contributed by atoms with Gasteiger partial charge in [-0.3, -0.25) is 0 Å². The molecule has 0 bridgehead atoms. The summed E-state index contributed by atoms with van der Waals surface area (Å²) in [6.07, 6.45) is 4.72. The van der Waals surface area contributed by atoms with Crippen LogP contribution in [0.2, 0.25) is 0 Å². The van der Waals surface area contributed by atoms with Gasteiger partial charge in [0.25, 0.3) is 0 Å². The topological polar surface area (TPSA) is 75.5 Å². The number of nitrogens with zero attached hydrogens (tertiary/aromatic N) is 5. The Kier molecular flexibility index (Phi) is 8.42. The Bertz CT molecular complexity index is 1370. The maximum absolute atomic E-state index is 9.50. The number of aliphatic imine (C=N–C) groups is 2. The van der Waals surface area contributed by atoms with E-state index in [9.17, 15) is 10.5 Å². The van der Waals surface area contributed by atoms with E-state index in [1.807, 2.05) is 43.3 Å². The highest BCUT2D eigenvalue weighted by Gasteiger charge is 2.21. The smallest absolute Gasteiger partial charge is 0.177 e. The Morgan fingerprint density at radius 2 is 1.30 bits per heavy atom. The van der Waals surface area contributed by atoms with Crippen LogP contribution in [0.3, 0.4) is 0 Å². The molecule has 0 amide bonds. The summed E-state index contributed by atoms with van der Waals surface area (Å²) in [5, 5.41) is 18.9. The highest BCUT2D eigenvalue weighted by molar-refractivity contribution is 6.14. The number of rotatable bonds is 8. The van der Waals surface area contributed by atoms with E-state index in [1.165, 1.54) is 11.1 Å². The van der Waals surface area contributed by atoms with E-state index in [1.54, 1.807) is 0 Å². The minimum atomic E-state index is -0.0445. The van der Waals surface area contributed by atoms with Crippen molar-refractivity contribution >= 4 is 23.2 Å². The molecule has 5 nitrogen and oxygen atoms in total. The minimum Gasteiger partial charge on any atom is -0.363 e. The van der Waals surface area contributed by atoms with Gasteiger partial charge in [0.05, 0.1) is 5.71 Å². The monoisotopic (exact) mass is 483 g/mol. The van der Waals surface area contributed by atoms with Crippen LogP contribution in [-0.2, 0) is 13.1 Å². The highest BCUT2D eigenvalue weighted by Crippen LogP contribution is 2.23. The molecule has 0 fully saturated rings. The largest absolute Gasteiger partial charge is 0.363 e. The molecule has 3 aromatic carbocycles. The second kappa shape index (κ2) is 12.3. The molecule has 0 aliphatic carbocycles. The van der Waals surface area contributed by atoms with Crippen molar-refractivity contribution in [3.63, 3.8) is 0 Å². The average Bonchev–Trinajstić information content (AvgIpc) is 3.07. The van der Waals surface area contributed by atoms with E-state index in [-0.39, 0.29) is 17.3 Å². The van der Waals surface area contributed by atoms with E-state index in [4.69, 9.17) is 0 Å². The first kappa shape index (κ1) is 25.4. The number of benzene rings is 3. The molecule has 1 unspecified atom stereocenters. The van der Waals surface area contributed by atoms with Gasteiger partial charge in [0.15, 0.2) is 11.4 Å². The fourth-order valence-electron chi connectivity index (χ4n) is 4.42. The van der Waals surface area contributed by atoms with Gasteiger partial charge >= 0.3 is 0 Å². The zero-order valence-corrected chi connectivity index (χ0v) is 21.2. The van der Waals surface area contributed by atoms with Gasteiger partial charge in [-0.05, 0) is 48.2 Å². The summed E-state index contributed by atoms with van der Waals surface area (Å²) in [6, 6.07) is 33.5. The summed E-state index contributed by atoms with van der Waals surface area (Å²) in [5.74, 6) is -0.0445. The van der Waals surface area contributed by atoms with Crippen LogP contribution < -0.4 is 4.90 Å². The molecule has 1 heterocycles. The van der Waals surface area contributed by atoms with E-state index >= 15 is 0 Å². The molecule has 1 aliphatic rings. The lowest BCUT2D eigenvalue weighted by Gasteiger charge is -2.25. The van der Waals surface area contributed by atoms with Gasteiger partial charge in [-0.15, -0.1) is 0 Å². The molecule has 0 spiro atoms. The van der Waals surface area contributed by atoms with Gasteiger partial charge in [0, 0.05) is 30.4 Å². The van der Waals surface area contributed by atoms with Gasteiger partial charge in [-0.1, -0.05) is 85.8 Å². The summed E-state index contributed by atoms with van der Waals surface area (Å²) < 4.78 is 0. The average molecular weight is 484 g/mol. The Morgan fingerprint density at radius 1 is 0.757 bits per heavy atom. The maximum atomic E-state index is 9.50. The molecule has 4 rings (SSSR count). The van der Waals surface area contributed by atoms with Crippen LogP contribution in [0.5, 0.6) is 0 Å². The van der Waals surface area contributed by atoms with Crippen LogP contribution in [0.25, 0.3) is 6.08 Å². The third-order valence-electron chi connectivity index (χ3n) is 6.37. The van der Waals surface area contributed by atoms with E-state index < -0.39 is 0 Å². The zero-order valence-electron chi connectivity index (χ0n) is 21.2. The number of hydrogen-bond acceptors (Lipinski definition) is 5. The quantitative estimate of drug-likeness (QED) is 0.343. The van der Waals surface area contributed by atoms with E-state index in [2.05, 4.69) is 94.6 Å². The molecule has 0 aromatic heterocycles. The third kappa shape index (κ3) is 6.48. The molecule has 1 aliphatic heterocycles. The second-order valence-electron chi connectivity index (χ2n) is 8.92. The molecule has 37 heavy (non-hydrogen) atoms. The number of anilines is 1. The zero-order chi connectivity index (χ0) is 26.0. The number of nitriles is 2. The molecule has 0 saturated heterocycles. The van der Waals surface area contributed by atoms with Crippen molar-refractivity contribution in [1.29, 1.82) is 10.5 Å². The van der Waals surface area contributed by atoms with Gasteiger partial charge in [0.2, 0.25) is 0 Å². The van der Waals surface area contributed by atoms with Crippen LogP contribution >= 0.6 is 0 Å². The Balaban J connectivity index is 1.59. The first-order valence-electron chi connectivity index (χ1n) is 12.4. The molecule has 0 N–H and O–H groups in total. The molecular formula is C32H29N5. The van der Waals surface area contributed by atoms with Crippen molar-refractivity contribution < 1.29 is 0 Å². The standard InChI is InChI=1S/C32H29N5/c1-3-29-24(2)35-31(20-33)32(21-34)36-30(29)19-16-25-14-17-28(18-15-25)37(22-26-10-6-4-7-11-26)23-27-12-8-5-9-13-27/h4-19,29H,3,22-23H2,1-2H3/b19-16+. The summed E-state index contributed by atoms with van der Waals surface area (Å²) in [6.45, 7) is 5.56. The SMILES string of the molecule is CCC1C(C)=NC(C#N)=C(C#N)N=C1/C=C/c1ccc(N(Cc2ccccc2)Cc2ccccc2)cc1. The van der Waals surface area contributed by atoms with Gasteiger partial charge in [-0.25, -0.2) is 9.98 Å². The summed E-state index contributed by atoms with van der Waals surface area (Å²) in [4.78, 5) is 11.2. The number of allylic oxidation sites excluding steroid dienone is 3. The van der Waals surface area contributed by atoms with E-state index in [0.717, 1.165) is 42.2 Å². The fourth-order valence-corrected chi connectivity index (χ4v) is 4.42. The van der Waals surface area contributed by atoms with Crippen molar-refractivity contribution in [2.24, 2.45) is 15.9 Å². The highest BCUT2D eigenvalue weighted by atomic mass is 15.1. The molecule has 182 valence electrons. The fraction of sp³-hybridized carbons (Fsp3) is 0.188. The lowest BCUT2D eigenvalue weighted by molar-refractivity contribution is 0.800. The van der Waals surface area contributed by atoms with Crippen LogP contribution in [0.1, 0.15) is 37.0 Å². The molecule has 1 atom stereocenters. The summed E-state index contributed by atoms with van der Waals surface area (Å²) in [7, 11) is 0. The van der Waals surface area contributed by atoms with Crippen molar-refractivity contribution in [2.75, 3.05) is 4.90 Å². The van der Waals surface area contributed by atoms with Gasteiger partial charge in [-0.2, -0.15) is 10.5 Å². The Labute approximate surface area is 219 Å². The number of hydrogen-bond donors (Lipinski definition) is 0. The van der Waals surface area contributed by atoms with Crippen molar-refractivity contribution in [3.05, 3.63) is 119 Å². The first-order chi connectivity index (χ1) is 18.1. The van der Waals surface area contributed by atoms with Crippen molar-refractivity contribution in [1.82, 2.24) is 0 Å². The van der Waals surface area contributed by atoms with Crippen LogP contribution in [-0.4, -0.2) is 11.4 Å².